The maximum absolute atomic E-state index is 6.91. The molecule has 0 radical (unpaired) electrons. The second kappa shape index (κ2) is 11.5. The van der Waals surface area contributed by atoms with Gasteiger partial charge >= 0.3 is 0 Å². The van der Waals surface area contributed by atoms with E-state index in [1.54, 1.807) is 0 Å². The number of benzene rings is 2. The molecule has 3 heteroatoms. The summed E-state index contributed by atoms with van der Waals surface area (Å²) in [5.74, 6) is 0. The average Bonchev–Trinajstić information content (AvgIpc) is 2.70. The molecular weight excluding hydrogens is 372 g/mol. The van der Waals surface area contributed by atoms with Crippen LogP contribution in [0.2, 0.25) is 5.04 Å². The monoisotopic (exact) mass is 410 g/mol. The van der Waals surface area contributed by atoms with E-state index < -0.39 is 8.32 Å². The second-order valence-corrected chi connectivity index (χ2v) is 13.2. The Morgan fingerprint density at radius 2 is 1.31 bits per heavy atom. The van der Waals surface area contributed by atoms with Gasteiger partial charge in [-0.2, -0.15) is 0 Å². The van der Waals surface area contributed by atoms with Crippen molar-refractivity contribution in [3.8, 4) is 0 Å². The smallest absolute Gasteiger partial charge is 0.261 e. The highest BCUT2D eigenvalue weighted by molar-refractivity contribution is 6.99. The molecule has 0 bridgehead atoms. The lowest BCUT2D eigenvalue weighted by Gasteiger charge is -2.43. The minimum absolute atomic E-state index is 0.0448. The Morgan fingerprint density at radius 1 is 0.793 bits per heavy atom. The van der Waals surface area contributed by atoms with Crippen molar-refractivity contribution in [1.82, 2.24) is 0 Å². The van der Waals surface area contributed by atoms with Crippen LogP contribution in [0.1, 0.15) is 53.9 Å². The molecule has 2 nitrogen and oxygen atoms in total. The Kier molecular flexibility index (Phi) is 9.35. The first-order valence-corrected chi connectivity index (χ1v) is 12.7. The molecule has 0 aromatic heterocycles. The molecular formula is C26H38O2Si. The molecule has 0 heterocycles. The van der Waals surface area contributed by atoms with Crippen LogP contribution in [0.5, 0.6) is 0 Å². The summed E-state index contributed by atoms with van der Waals surface area (Å²) in [6.45, 7) is 13.5. The molecule has 0 fully saturated rings. The van der Waals surface area contributed by atoms with Crippen LogP contribution in [0.4, 0.5) is 0 Å². The zero-order chi connectivity index (χ0) is 21.2. The molecule has 2 rings (SSSR count). The summed E-state index contributed by atoms with van der Waals surface area (Å²) in [7, 11) is -2.38. The molecule has 0 saturated carbocycles. The van der Waals surface area contributed by atoms with Crippen molar-refractivity contribution < 1.29 is 9.16 Å². The fraction of sp³-hybridized carbons (Fsp3) is 0.462. The number of allylic oxidation sites excluding steroid dienone is 1. The standard InChI is InChI=1S/C26H38O2Si/c1-23(2)19-22-27-20-13-8-14-21-28-29(26(3,4)5,24-15-9-6-10-16-24)25-17-11-7-12-18-25/h6-7,9-12,15-19H,8,13-14,20-22H2,1-5H3. The van der Waals surface area contributed by atoms with Gasteiger partial charge in [0.1, 0.15) is 0 Å². The van der Waals surface area contributed by atoms with E-state index in [9.17, 15) is 0 Å². The van der Waals surface area contributed by atoms with Gasteiger partial charge in [0.25, 0.3) is 8.32 Å². The van der Waals surface area contributed by atoms with Gasteiger partial charge in [0.15, 0.2) is 0 Å². The maximum atomic E-state index is 6.91. The van der Waals surface area contributed by atoms with Gasteiger partial charge in [-0.05, 0) is 48.5 Å². The molecule has 0 saturated heterocycles. The summed E-state index contributed by atoms with van der Waals surface area (Å²) in [4.78, 5) is 0. The zero-order valence-corrected chi connectivity index (χ0v) is 19.9. The molecule has 0 unspecified atom stereocenters. The summed E-state index contributed by atoms with van der Waals surface area (Å²) >= 11 is 0. The van der Waals surface area contributed by atoms with Crippen molar-refractivity contribution in [3.63, 3.8) is 0 Å². The van der Waals surface area contributed by atoms with Gasteiger partial charge in [-0.25, -0.2) is 0 Å². The summed E-state index contributed by atoms with van der Waals surface area (Å²) in [5.41, 5.74) is 1.31. The molecule has 158 valence electrons. The van der Waals surface area contributed by atoms with E-state index in [-0.39, 0.29) is 5.04 Å². The lowest BCUT2D eigenvalue weighted by molar-refractivity contribution is 0.155. The van der Waals surface area contributed by atoms with Gasteiger partial charge in [-0.15, -0.1) is 0 Å². The third-order valence-corrected chi connectivity index (χ3v) is 10.3. The van der Waals surface area contributed by atoms with Crippen LogP contribution >= 0.6 is 0 Å². The van der Waals surface area contributed by atoms with E-state index in [4.69, 9.17) is 9.16 Å². The minimum Gasteiger partial charge on any atom is -0.407 e. The van der Waals surface area contributed by atoms with Crippen LogP contribution in [-0.4, -0.2) is 28.1 Å². The molecule has 0 aliphatic heterocycles. The first kappa shape index (κ1) is 23.6. The third-order valence-electron chi connectivity index (χ3n) is 5.28. The quantitative estimate of drug-likeness (QED) is 0.268. The Bertz CT molecular complexity index is 689. The van der Waals surface area contributed by atoms with Gasteiger partial charge in [0.2, 0.25) is 0 Å². The summed E-state index contributed by atoms with van der Waals surface area (Å²) in [6, 6.07) is 21.7. The van der Waals surface area contributed by atoms with Gasteiger partial charge in [-0.1, -0.05) is 93.1 Å². The van der Waals surface area contributed by atoms with Gasteiger partial charge in [-0.3, -0.25) is 0 Å². The molecule has 0 amide bonds. The van der Waals surface area contributed by atoms with Crippen molar-refractivity contribution in [1.29, 1.82) is 0 Å². The van der Waals surface area contributed by atoms with Gasteiger partial charge in [0, 0.05) is 13.2 Å². The van der Waals surface area contributed by atoms with E-state index in [0.717, 1.165) is 39.1 Å². The van der Waals surface area contributed by atoms with Crippen LogP contribution < -0.4 is 10.4 Å². The first-order valence-electron chi connectivity index (χ1n) is 10.8. The number of hydrogen-bond acceptors (Lipinski definition) is 2. The van der Waals surface area contributed by atoms with E-state index in [2.05, 4.69) is 101 Å². The van der Waals surface area contributed by atoms with Crippen molar-refractivity contribution in [2.45, 2.75) is 58.9 Å². The highest BCUT2D eigenvalue weighted by Gasteiger charge is 2.49. The van der Waals surface area contributed by atoms with Gasteiger partial charge in [0.05, 0.1) is 6.61 Å². The number of hydrogen-bond donors (Lipinski definition) is 0. The number of ether oxygens (including phenoxy) is 1. The van der Waals surface area contributed by atoms with Crippen LogP contribution in [-0.2, 0) is 9.16 Å². The van der Waals surface area contributed by atoms with Crippen LogP contribution in [0, 0.1) is 0 Å². The zero-order valence-electron chi connectivity index (χ0n) is 18.9. The Balaban J connectivity index is 2.05. The molecule has 0 aliphatic carbocycles. The van der Waals surface area contributed by atoms with E-state index in [1.807, 2.05) is 0 Å². The van der Waals surface area contributed by atoms with E-state index >= 15 is 0 Å². The highest BCUT2D eigenvalue weighted by Crippen LogP contribution is 2.36. The van der Waals surface area contributed by atoms with Gasteiger partial charge < -0.3 is 9.16 Å². The molecule has 0 N–H and O–H groups in total. The lowest BCUT2D eigenvalue weighted by Crippen LogP contribution is -2.66. The molecule has 0 spiro atoms. The third kappa shape index (κ3) is 6.67. The summed E-state index contributed by atoms with van der Waals surface area (Å²) < 4.78 is 12.6. The molecule has 2 aromatic rings. The largest absolute Gasteiger partial charge is 0.407 e. The molecule has 0 atom stereocenters. The van der Waals surface area contributed by atoms with Crippen molar-refractivity contribution in [2.75, 3.05) is 19.8 Å². The second-order valence-electron chi connectivity index (χ2n) is 8.93. The van der Waals surface area contributed by atoms with Crippen LogP contribution in [0.25, 0.3) is 0 Å². The Morgan fingerprint density at radius 3 is 1.79 bits per heavy atom. The van der Waals surface area contributed by atoms with E-state index in [1.165, 1.54) is 15.9 Å². The average molecular weight is 411 g/mol. The highest BCUT2D eigenvalue weighted by atomic mass is 28.4. The molecule has 2 aromatic carbocycles. The summed E-state index contributed by atoms with van der Waals surface area (Å²) in [5, 5.41) is 2.75. The first-order chi connectivity index (χ1) is 13.9. The van der Waals surface area contributed by atoms with E-state index in [0.29, 0.717) is 0 Å². The number of unbranched alkanes of at least 4 members (excludes halogenated alkanes) is 2. The predicted molar refractivity (Wildman–Crippen MR) is 128 cm³/mol. The topological polar surface area (TPSA) is 18.5 Å². The fourth-order valence-electron chi connectivity index (χ4n) is 3.78. The maximum Gasteiger partial charge on any atom is 0.261 e. The predicted octanol–water partition coefficient (Wildman–Crippen LogP) is 5.72. The van der Waals surface area contributed by atoms with Crippen molar-refractivity contribution >= 4 is 18.7 Å². The Labute approximate surface area is 179 Å². The Hall–Kier alpha value is -1.68. The van der Waals surface area contributed by atoms with Crippen molar-refractivity contribution in [3.05, 3.63) is 72.3 Å². The summed E-state index contributed by atoms with van der Waals surface area (Å²) in [6.07, 6.45) is 5.41. The SMILES string of the molecule is CC(C)=CCOCCCCCO[Si](c1ccccc1)(c1ccccc1)C(C)(C)C. The van der Waals surface area contributed by atoms with Crippen LogP contribution in [0.3, 0.4) is 0 Å². The van der Waals surface area contributed by atoms with Crippen LogP contribution in [0.15, 0.2) is 72.3 Å². The normalized spacial score (nSPS) is 12.0. The lowest BCUT2D eigenvalue weighted by atomic mass is 10.2. The van der Waals surface area contributed by atoms with Crippen molar-refractivity contribution in [2.24, 2.45) is 0 Å². The number of rotatable bonds is 11. The molecule has 0 aliphatic rings. The molecule has 29 heavy (non-hydrogen) atoms. The minimum atomic E-state index is -2.38. The fourth-order valence-corrected chi connectivity index (χ4v) is 8.38.